The van der Waals surface area contributed by atoms with Crippen molar-refractivity contribution in [3.8, 4) is 0 Å². The molecule has 1 aliphatic rings. The quantitative estimate of drug-likeness (QED) is 0.793. The van der Waals surface area contributed by atoms with Crippen molar-refractivity contribution in [2.45, 2.75) is 24.8 Å². The van der Waals surface area contributed by atoms with Gasteiger partial charge < -0.3 is 4.74 Å². The first-order chi connectivity index (χ1) is 11.7. The third kappa shape index (κ3) is 3.57. The number of carbonyl (C=O) groups excluding carboxylic acids is 1. The molecule has 0 saturated heterocycles. The summed E-state index contributed by atoms with van der Waals surface area (Å²) in [7, 11) is -1.51. The molecule has 0 aromatic heterocycles. The van der Waals surface area contributed by atoms with Gasteiger partial charge in [0.1, 0.15) is 17.6 Å². The summed E-state index contributed by atoms with van der Waals surface area (Å²) in [6, 6.07) is 18.7. The summed E-state index contributed by atoms with van der Waals surface area (Å²) in [6.45, 7) is 2.00. The number of ether oxygens (including phenoxy) is 1. The Morgan fingerprint density at radius 1 is 1.04 bits per heavy atom. The van der Waals surface area contributed by atoms with E-state index in [0.717, 1.165) is 11.1 Å². The molecule has 0 N–H and O–H groups in total. The minimum absolute atomic E-state index is 0.166. The van der Waals surface area contributed by atoms with E-state index in [1.165, 1.54) is 4.31 Å². The highest BCUT2D eigenvalue weighted by Gasteiger charge is 2.34. The Kier molecular flexibility index (Phi) is 5.11. The largest absolute Gasteiger partial charge is 0.444 e. The van der Waals surface area contributed by atoms with Crippen LogP contribution in [0.5, 0.6) is 0 Å². The zero-order valence-corrected chi connectivity index (χ0v) is 14.2. The highest BCUT2D eigenvalue weighted by atomic mass is 32.2. The first kappa shape index (κ1) is 16.5. The molecule has 0 fully saturated rings. The van der Waals surface area contributed by atoms with Gasteiger partial charge in [0.15, 0.2) is 0 Å². The van der Waals surface area contributed by atoms with Crippen LogP contribution in [0, 0.1) is 0 Å². The molecule has 1 heterocycles. The van der Waals surface area contributed by atoms with Crippen LogP contribution < -0.4 is 0 Å². The Bertz CT molecular complexity index is 746. The van der Waals surface area contributed by atoms with Crippen molar-refractivity contribution in [2.24, 2.45) is 0 Å². The van der Waals surface area contributed by atoms with E-state index in [9.17, 15) is 9.00 Å². The molecule has 0 aliphatic carbocycles. The van der Waals surface area contributed by atoms with Crippen LogP contribution in [-0.2, 0) is 22.3 Å². The van der Waals surface area contributed by atoms with Gasteiger partial charge in [-0.1, -0.05) is 72.8 Å². The van der Waals surface area contributed by atoms with E-state index in [0.29, 0.717) is 0 Å². The van der Waals surface area contributed by atoms with Crippen LogP contribution in [0.2, 0.25) is 0 Å². The number of rotatable bonds is 3. The van der Waals surface area contributed by atoms with Crippen LogP contribution in [0.1, 0.15) is 23.3 Å². The molecule has 2 aromatic carbocycles. The fourth-order valence-corrected chi connectivity index (χ4v) is 4.04. The molecule has 1 aliphatic heterocycles. The van der Waals surface area contributed by atoms with Gasteiger partial charge in [-0.3, -0.25) is 0 Å². The molecule has 2 aromatic rings. The molecule has 1 amide bonds. The molecule has 5 heteroatoms. The van der Waals surface area contributed by atoms with Gasteiger partial charge in [-0.25, -0.2) is 13.3 Å². The average Bonchev–Trinajstić information content (AvgIpc) is 2.62. The van der Waals surface area contributed by atoms with Crippen LogP contribution in [-0.4, -0.2) is 20.6 Å². The van der Waals surface area contributed by atoms with Gasteiger partial charge in [0.05, 0.1) is 11.3 Å². The number of carbonyl (C=O) groups is 1. The van der Waals surface area contributed by atoms with Crippen LogP contribution in [0.4, 0.5) is 4.79 Å². The van der Waals surface area contributed by atoms with Crippen LogP contribution in [0.15, 0.2) is 72.8 Å². The number of amides is 1. The average molecular weight is 341 g/mol. The molecule has 0 spiro atoms. The standard InChI is InChI=1S/C19H19NO3S/c1-15-12-13-18(17-10-6-3-7-11-17)24(22)20(15)19(21)23-14-16-8-4-2-5-9-16/h2-13,15,18H,14H2,1H3/t15-,18-,24+/m0/s1. The lowest BCUT2D eigenvalue weighted by molar-refractivity contribution is 0.116. The van der Waals surface area contributed by atoms with Crippen LogP contribution in [0.3, 0.4) is 0 Å². The second kappa shape index (κ2) is 7.45. The zero-order chi connectivity index (χ0) is 16.9. The van der Waals surface area contributed by atoms with Crippen molar-refractivity contribution in [2.75, 3.05) is 0 Å². The van der Waals surface area contributed by atoms with Crippen molar-refractivity contribution in [1.82, 2.24) is 4.31 Å². The highest BCUT2D eigenvalue weighted by molar-refractivity contribution is 7.83. The normalized spacial score (nSPS) is 23.0. The number of hydrogen-bond donors (Lipinski definition) is 0. The lowest BCUT2D eigenvalue weighted by Crippen LogP contribution is -2.43. The lowest BCUT2D eigenvalue weighted by atomic mass is 10.1. The summed E-state index contributed by atoms with van der Waals surface area (Å²) in [5.41, 5.74) is 1.82. The third-order valence-corrected chi connectivity index (χ3v) is 5.59. The van der Waals surface area contributed by atoms with E-state index in [-0.39, 0.29) is 17.9 Å². The minimum atomic E-state index is -1.51. The molecular weight excluding hydrogens is 322 g/mol. The second-order valence-electron chi connectivity index (χ2n) is 5.60. The van der Waals surface area contributed by atoms with Gasteiger partial charge >= 0.3 is 6.09 Å². The van der Waals surface area contributed by atoms with E-state index < -0.39 is 17.1 Å². The van der Waals surface area contributed by atoms with Crippen LogP contribution >= 0.6 is 0 Å². The summed E-state index contributed by atoms with van der Waals surface area (Å²) in [5, 5.41) is -0.341. The van der Waals surface area contributed by atoms with E-state index >= 15 is 0 Å². The van der Waals surface area contributed by atoms with E-state index in [1.54, 1.807) is 0 Å². The maximum absolute atomic E-state index is 12.9. The van der Waals surface area contributed by atoms with E-state index in [1.807, 2.05) is 79.7 Å². The summed E-state index contributed by atoms with van der Waals surface area (Å²) >= 11 is 0. The van der Waals surface area contributed by atoms with Gasteiger partial charge in [0, 0.05) is 0 Å². The predicted molar refractivity (Wildman–Crippen MR) is 94.4 cm³/mol. The monoisotopic (exact) mass is 341 g/mol. The number of benzene rings is 2. The zero-order valence-electron chi connectivity index (χ0n) is 13.4. The Morgan fingerprint density at radius 3 is 2.33 bits per heavy atom. The van der Waals surface area contributed by atoms with Crippen molar-refractivity contribution in [3.63, 3.8) is 0 Å². The third-order valence-electron chi connectivity index (χ3n) is 3.86. The SMILES string of the molecule is C[C@H]1C=C[C@@H](c2ccccc2)[S@@](=O)N1C(=O)OCc1ccccc1. The summed E-state index contributed by atoms with van der Waals surface area (Å²) < 4.78 is 19.5. The van der Waals surface area contributed by atoms with E-state index in [2.05, 4.69) is 0 Å². The van der Waals surface area contributed by atoms with Gasteiger partial charge in [-0.2, -0.15) is 0 Å². The Morgan fingerprint density at radius 2 is 1.67 bits per heavy atom. The fourth-order valence-electron chi connectivity index (χ4n) is 2.59. The van der Waals surface area contributed by atoms with E-state index in [4.69, 9.17) is 4.74 Å². The van der Waals surface area contributed by atoms with Gasteiger partial charge in [-0.15, -0.1) is 0 Å². The molecule has 4 nitrogen and oxygen atoms in total. The first-order valence-electron chi connectivity index (χ1n) is 7.80. The topological polar surface area (TPSA) is 46.6 Å². The van der Waals surface area contributed by atoms with Crippen molar-refractivity contribution in [3.05, 3.63) is 83.9 Å². The van der Waals surface area contributed by atoms with Crippen LogP contribution in [0.25, 0.3) is 0 Å². The van der Waals surface area contributed by atoms with Gasteiger partial charge in [-0.05, 0) is 18.1 Å². The molecular formula is C19H19NO3S. The second-order valence-corrected chi connectivity index (χ2v) is 7.05. The molecule has 3 atom stereocenters. The molecule has 24 heavy (non-hydrogen) atoms. The number of hydrogen-bond acceptors (Lipinski definition) is 3. The van der Waals surface area contributed by atoms with Crippen molar-refractivity contribution < 1.29 is 13.7 Å². The fraction of sp³-hybridized carbons (Fsp3) is 0.211. The maximum atomic E-state index is 12.9. The molecule has 0 bridgehead atoms. The Labute approximate surface area is 144 Å². The van der Waals surface area contributed by atoms with Crippen molar-refractivity contribution >= 4 is 17.1 Å². The molecule has 0 saturated carbocycles. The molecule has 124 valence electrons. The summed E-state index contributed by atoms with van der Waals surface area (Å²) in [5.74, 6) is 0. The summed E-state index contributed by atoms with van der Waals surface area (Å²) in [4.78, 5) is 12.4. The van der Waals surface area contributed by atoms with Crippen molar-refractivity contribution in [1.29, 1.82) is 0 Å². The summed E-state index contributed by atoms with van der Waals surface area (Å²) in [6.07, 6.45) is 3.23. The predicted octanol–water partition coefficient (Wildman–Crippen LogP) is 3.99. The lowest BCUT2D eigenvalue weighted by Gasteiger charge is -2.32. The molecule has 3 rings (SSSR count). The maximum Gasteiger partial charge on any atom is 0.422 e. The van der Waals surface area contributed by atoms with Gasteiger partial charge in [0.2, 0.25) is 0 Å². The first-order valence-corrected chi connectivity index (χ1v) is 8.97. The molecule has 0 radical (unpaired) electrons. The highest BCUT2D eigenvalue weighted by Crippen LogP contribution is 2.30. The molecule has 0 unspecified atom stereocenters. The Balaban J connectivity index is 1.73. The number of nitrogens with zero attached hydrogens (tertiary/aromatic N) is 1. The Hall–Kier alpha value is -2.40. The minimum Gasteiger partial charge on any atom is -0.444 e. The smallest absolute Gasteiger partial charge is 0.422 e. The van der Waals surface area contributed by atoms with Gasteiger partial charge in [0.25, 0.3) is 0 Å².